The lowest BCUT2D eigenvalue weighted by atomic mass is 9.97. The summed E-state index contributed by atoms with van der Waals surface area (Å²) in [5.74, 6) is -1.56. The van der Waals surface area contributed by atoms with Gasteiger partial charge in [-0.3, -0.25) is 9.59 Å². The van der Waals surface area contributed by atoms with Crippen molar-refractivity contribution in [3.63, 3.8) is 0 Å². The van der Waals surface area contributed by atoms with Crippen LogP contribution < -0.4 is 10.6 Å². The van der Waals surface area contributed by atoms with E-state index in [1.807, 2.05) is 45.0 Å². The number of carbonyl (C=O) groups is 3. The van der Waals surface area contributed by atoms with Crippen molar-refractivity contribution in [2.45, 2.75) is 70.9 Å². The van der Waals surface area contributed by atoms with Gasteiger partial charge >= 0.3 is 12.1 Å². The first-order valence-electron chi connectivity index (χ1n) is 12.5. The largest absolute Gasteiger partial charge is 0.481 e. The molecule has 1 aliphatic carbocycles. The Balaban J connectivity index is 1.66. The van der Waals surface area contributed by atoms with E-state index in [4.69, 9.17) is 4.74 Å². The Hall–Kier alpha value is -3.35. The highest BCUT2D eigenvalue weighted by molar-refractivity contribution is 5.86. The Morgan fingerprint density at radius 3 is 2.11 bits per heavy atom. The first-order valence-corrected chi connectivity index (χ1v) is 12.5. The fourth-order valence-electron chi connectivity index (χ4n) is 4.65. The van der Waals surface area contributed by atoms with E-state index < -0.39 is 24.1 Å². The number of fused-ring (bicyclic) bond motifs is 3. The SMILES string of the molecule is CCCC[C@H](CC(=O)O)NC(=O)[C@@H](NC(=O)OCC1c2ccccc2-c2ccccc21)C(C)CC. The number of benzene rings is 2. The molecule has 1 unspecified atom stereocenters. The minimum absolute atomic E-state index is 0.0713. The zero-order valence-corrected chi connectivity index (χ0v) is 20.8. The van der Waals surface area contributed by atoms with Crippen molar-refractivity contribution < 1.29 is 24.2 Å². The van der Waals surface area contributed by atoms with Crippen LogP contribution in [0.1, 0.15) is 69.9 Å². The molecule has 3 atom stereocenters. The molecule has 2 aromatic rings. The van der Waals surface area contributed by atoms with Crippen molar-refractivity contribution in [2.24, 2.45) is 5.92 Å². The number of unbranched alkanes of at least 4 members (excludes halogenated alkanes) is 1. The molecule has 7 nitrogen and oxygen atoms in total. The Bertz CT molecular complexity index is 992. The van der Waals surface area contributed by atoms with Crippen LogP contribution in [0, 0.1) is 5.92 Å². The topological polar surface area (TPSA) is 105 Å². The molecule has 0 saturated carbocycles. The number of hydrogen-bond donors (Lipinski definition) is 3. The second kappa shape index (κ2) is 12.4. The summed E-state index contributed by atoms with van der Waals surface area (Å²) in [6, 6.07) is 14.9. The number of nitrogens with one attached hydrogen (secondary N) is 2. The van der Waals surface area contributed by atoms with Crippen molar-refractivity contribution in [3.8, 4) is 11.1 Å². The molecule has 35 heavy (non-hydrogen) atoms. The van der Waals surface area contributed by atoms with Gasteiger partial charge in [0.2, 0.25) is 5.91 Å². The molecule has 0 heterocycles. The van der Waals surface area contributed by atoms with Gasteiger partial charge < -0.3 is 20.5 Å². The highest BCUT2D eigenvalue weighted by Gasteiger charge is 2.31. The number of alkyl carbamates (subject to hydrolysis) is 1. The maximum atomic E-state index is 13.0. The van der Waals surface area contributed by atoms with Crippen molar-refractivity contribution in [1.82, 2.24) is 10.6 Å². The second-order valence-electron chi connectivity index (χ2n) is 9.28. The van der Waals surface area contributed by atoms with Gasteiger partial charge in [0, 0.05) is 12.0 Å². The monoisotopic (exact) mass is 480 g/mol. The standard InChI is InChI=1S/C28H36N2O5/c1-4-6-11-19(16-25(31)32)29-27(33)26(18(3)5-2)30-28(34)35-17-24-22-14-9-7-12-20(22)21-13-8-10-15-23(21)24/h7-10,12-15,18-19,24,26H,4-6,11,16-17H2,1-3H3,(H,29,33)(H,30,34)(H,31,32)/t18?,19-,26+/m1/s1. The van der Waals surface area contributed by atoms with Gasteiger partial charge in [-0.15, -0.1) is 0 Å². The molecule has 188 valence electrons. The van der Waals surface area contributed by atoms with Crippen LogP contribution in [0.25, 0.3) is 11.1 Å². The number of amides is 2. The maximum Gasteiger partial charge on any atom is 0.407 e. The van der Waals surface area contributed by atoms with Gasteiger partial charge in [-0.2, -0.15) is 0 Å². The Kier molecular flexibility index (Phi) is 9.29. The van der Waals surface area contributed by atoms with E-state index in [0.717, 1.165) is 35.1 Å². The number of rotatable bonds is 12. The molecule has 0 aliphatic heterocycles. The third-order valence-electron chi connectivity index (χ3n) is 6.79. The van der Waals surface area contributed by atoms with Gasteiger partial charge in [-0.25, -0.2) is 4.79 Å². The molecular formula is C28H36N2O5. The number of ether oxygens (including phenoxy) is 1. The quantitative estimate of drug-likeness (QED) is 0.392. The lowest BCUT2D eigenvalue weighted by molar-refractivity contribution is -0.137. The molecule has 0 saturated heterocycles. The highest BCUT2D eigenvalue weighted by atomic mass is 16.5. The molecule has 0 aromatic heterocycles. The highest BCUT2D eigenvalue weighted by Crippen LogP contribution is 2.44. The van der Waals surface area contributed by atoms with E-state index in [1.54, 1.807) is 0 Å². The van der Waals surface area contributed by atoms with Crippen LogP contribution in [0.15, 0.2) is 48.5 Å². The van der Waals surface area contributed by atoms with E-state index in [2.05, 4.69) is 34.9 Å². The van der Waals surface area contributed by atoms with Crippen molar-refractivity contribution in [3.05, 3.63) is 59.7 Å². The molecule has 2 amide bonds. The van der Waals surface area contributed by atoms with Crippen LogP contribution >= 0.6 is 0 Å². The van der Waals surface area contributed by atoms with Crippen LogP contribution in [0.2, 0.25) is 0 Å². The van der Waals surface area contributed by atoms with Crippen LogP contribution in [0.3, 0.4) is 0 Å². The van der Waals surface area contributed by atoms with E-state index in [1.165, 1.54) is 0 Å². The molecule has 2 aromatic carbocycles. The fraction of sp³-hybridized carbons (Fsp3) is 0.464. The predicted molar refractivity (Wildman–Crippen MR) is 135 cm³/mol. The molecular weight excluding hydrogens is 444 g/mol. The summed E-state index contributed by atoms with van der Waals surface area (Å²) in [5.41, 5.74) is 4.52. The number of carboxylic acids is 1. The average Bonchev–Trinajstić information content (AvgIpc) is 3.17. The number of hydrogen-bond acceptors (Lipinski definition) is 4. The van der Waals surface area contributed by atoms with Crippen molar-refractivity contribution in [1.29, 1.82) is 0 Å². The van der Waals surface area contributed by atoms with Crippen molar-refractivity contribution in [2.75, 3.05) is 6.61 Å². The van der Waals surface area contributed by atoms with E-state index >= 15 is 0 Å². The van der Waals surface area contributed by atoms with E-state index in [0.29, 0.717) is 12.8 Å². The van der Waals surface area contributed by atoms with Gasteiger partial charge in [0.25, 0.3) is 0 Å². The van der Waals surface area contributed by atoms with Gasteiger partial charge in [0.1, 0.15) is 12.6 Å². The molecule has 7 heteroatoms. The van der Waals surface area contributed by atoms with Gasteiger partial charge in [0.05, 0.1) is 6.42 Å². The van der Waals surface area contributed by atoms with E-state index in [-0.39, 0.29) is 30.8 Å². The molecule has 3 N–H and O–H groups in total. The van der Waals surface area contributed by atoms with E-state index in [9.17, 15) is 19.5 Å². The van der Waals surface area contributed by atoms with Gasteiger partial charge in [0.15, 0.2) is 0 Å². The Morgan fingerprint density at radius 2 is 1.57 bits per heavy atom. The van der Waals surface area contributed by atoms with Crippen LogP contribution in [-0.4, -0.2) is 41.8 Å². The first kappa shape index (κ1) is 26.3. The zero-order chi connectivity index (χ0) is 25.4. The van der Waals surface area contributed by atoms with Crippen LogP contribution in [0.5, 0.6) is 0 Å². The molecule has 0 bridgehead atoms. The first-order chi connectivity index (χ1) is 16.8. The van der Waals surface area contributed by atoms with Crippen LogP contribution in [-0.2, 0) is 14.3 Å². The lowest BCUT2D eigenvalue weighted by Gasteiger charge is -2.26. The third-order valence-corrected chi connectivity index (χ3v) is 6.79. The summed E-state index contributed by atoms with van der Waals surface area (Å²) < 4.78 is 5.63. The molecule has 1 aliphatic rings. The Morgan fingerprint density at radius 1 is 0.971 bits per heavy atom. The molecule has 3 rings (SSSR count). The fourth-order valence-corrected chi connectivity index (χ4v) is 4.65. The summed E-state index contributed by atoms with van der Waals surface area (Å²) in [4.78, 5) is 37.1. The summed E-state index contributed by atoms with van der Waals surface area (Å²) in [5, 5.41) is 14.8. The summed E-state index contributed by atoms with van der Waals surface area (Å²) in [6.07, 6.45) is 2.15. The smallest absolute Gasteiger partial charge is 0.407 e. The minimum atomic E-state index is -0.962. The summed E-state index contributed by atoms with van der Waals surface area (Å²) >= 11 is 0. The summed E-state index contributed by atoms with van der Waals surface area (Å²) in [6.45, 7) is 6.00. The van der Waals surface area contributed by atoms with Gasteiger partial charge in [-0.05, 0) is 34.6 Å². The van der Waals surface area contributed by atoms with Gasteiger partial charge in [-0.1, -0.05) is 88.6 Å². The maximum absolute atomic E-state index is 13.0. The zero-order valence-electron chi connectivity index (χ0n) is 20.8. The summed E-state index contributed by atoms with van der Waals surface area (Å²) in [7, 11) is 0. The predicted octanol–water partition coefficient (Wildman–Crippen LogP) is 5.09. The molecule has 0 spiro atoms. The Labute approximate surface area is 207 Å². The van der Waals surface area contributed by atoms with Crippen molar-refractivity contribution >= 4 is 18.0 Å². The number of carboxylic acid groups (broad SMARTS) is 1. The lowest BCUT2D eigenvalue weighted by Crippen LogP contribution is -2.53. The minimum Gasteiger partial charge on any atom is -0.481 e. The third kappa shape index (κ3) is 6.62. The number of aliphatic carboxylic acids is 1. The van der Waals surface area contributed by atoms with Crippen LogP contribution in [0.4, 0.5) is 4.79 Å². The normalized spacial score (nSPS) is 14.8. The molecule has 0 fully saturated rings. The average molecular weight is 481 g/mol. The molecule has 0 radical (unpaired) electrons. The number of carbonyl (C=O) groups excluding carboxylic acids is 2. The second-order valence-corrected chi connectivity index (χ2v) is 9.28.